The van der Waals surface area contributed by atoms with Crippen LogP contribution in [-0.2, 0) is 0 Å². The van der Waals surface area contributed by atoms with Gasteiger partial charge >= 0.3 is 0 Å². The predicted octanol–water partition coefficient (Wildman–Crippen LogP) is 6.16. The van der Waals surface area contributed by atoms with Gasteiger partial charge in [-0.1, -0.05) is 50.6 Å². The third-order valence-electron chi connectivity index (χ3n) is 2.04. The maximum Gasteiger partial charge on any atom is 0.0733 e. The van der Waals surface area contributed by atoms with Gasteiger partial charge in [0.15, 0.2) is 0 Å². The molecule has 0 aliphatic carbocycles. The molecule has 18 heavy (non-hydrogen) atoms. The molecule has 0 N–H and O–H groups in total. The molecule has 0 aliphatic rings. The first-order valence-electron chi connectivity index (χ1n) is 5.84. The molecule has 0 radical (unpaired) electrons. The molecule has 0 saturated carbocycles. The molecule has 0 fully saturated rings. The Morgan fingerprint density at radius 3 is 2.39 bits per heavy atom. The Hall–Kier alpha value is -0.440. The highest BCUT2D eigenvalue weighted by atomic mass is 35.5. The highest BCUT2D eigenvalue weighted by Gasteiger charge is 2.05. The minimum atomic E-state index is 0.581. The minimum absolute atomic E-state index is 0.581. The van der Waals surface area contributed by atoms with Crippen LogP contribution in [0.5, 0.6) is 0 Å². The molecule has 0 heterocycles. The first-order chi connectivity index (χ1) is 8.58. The van der Waals surface area contributed by atoms with E-state index in [4.69, 9.17) is 23.2 Å². The molecule has 0 aliphatic heterocycles. The van der Waals surface area contributed by atoms with E-state index < -0.39 is 0 Å². The Morgan fingerprint density at radius 2 is 1.94 bits per heavy atom. The van der Waals surface area contributed by atoms with Crippen LogP contribution in [0.25, 0.3) is 5.70 Å². The number of hydrogen-bond acceptors (Lipinski definition) is 2. The van der Waals surface area contributed by atoms with Crippen LogP contribution >= 0.6 is 35.0 Å². The molecule has 100 valence electrons. The number of halogens is 2. The van der Waals surface area contributed by atoms with Crippen molar-refractivity contribution >= 4 is 45.7 Å². The highest BCUT2D eigenvalue weighted by molar-refractivity contribution is 8.13. The van der Waals surface area contributed by atoms with Crippen molar-refractivity contribution in [2.24, 2.45) is 4.99 Å². The van der Waals surface area contributed by atoms with Gasteiger partial charge in [0, 0.05) is 10.6 Å². The van der Waals surface area contributed by atoms with E-state index in [1.165, 1.54) is 0 Å². The summed E-state index contributed by atoms with van der Waals surface area (Å²) in [4.78, 5) is 4.43. The standard InChI is InChI=1S/C12H13Cl2NS.C2H6/c1-4-12(16-3)15-8(2)10-6-5-9(13)7-11(10)14;1-2/h5-7H,2,4H2,1,3H3;1-2H3. The predicted molar refractivity (Wildman–Crippen MR) is 88.1 cm³/mol. The van der Waals surface area contributed by atoms with Gasteiger partial charge in [-0.2, -0.15) is 0 Å². The largest absolute Gasteiger partial charge is 0.247 e. The molecule has 1 aromatic carbocycles. The fraction of sp³-hybridized carbons (Fsp3) is 0.357. The van der Waals surface area contributed by atoms with Crippen molar-refractivity contribution in [2.75, 3.05) is 6.26 Å². The number of nitrogens with zero attached hydrogens (tertiary/aromatic N) is 1. The number of hydrogen-bond donors (Lipinski definition) is 0. The molecule has 1 nitrogen and oxygen atoms in total. The van der Waals surface area contributed by atoms with Crippen LogP contribution in [0.2, 0.25) is 10.0 Å². The number of thioether (sulfide) groups is 1. The van der Waals surface area contributed by atoms with Gasteiger partial charge in [-0.15, -0.1) is 11.8 Å². The summed E-state index contributed by atoms with van der Waals surface area (Å²) in [6.45, 7) is 9.98. The van der Waals surface area contributed by atoms with Gasteiger partial charge in [0.1, 0.15) is 0 Å². The molecular formula is C14H19Cl2NS. The van der Waals surface area contributed by atoms with Crippen LogP contribution in [0.15, 0.2) is 29.8 Å². The Morgan fingerprint density at radius 1 is 1.33 bits per heavy atom. The fourth-order valence-corrected chi connectivity index (χ4v) is 2.21. The lowest BCUT2D eigenvalue weighted by atomic mass is 10.2. The Labute approximate surface area is 124 Å². The molecule has 0 spiro atoms. The lowest BCUT2D eigenvalue weighted by Crippen LogP contribution is -1.90. The van der Waals surface area contributed by atoms with Crippen LogP contribution < -0.4 is 0 Å². The SMILES string of the molecule is C=C(N=C(CC)SC)c1ccc(Cl)cc1Cl.CC. The average Bonchev–Trinajstić information content (AvgIpc) is 2.38. The molecule has 1 rings (SSSR count). The van der Waals surface area contributed by atoms with Crippen LogP contribution in [-0.4, -0.2) is 11.3 Å². The van der Waals surface area contributed by atoms with Crippen LogP contribution in [0.3, 0.4) is 0 Å². The third-order valence-corrected chi connectivity index (χ3v) is 3.44. The summed E-state index contributed by atoms with van der Waals surface area (Å²) < 4.78 is 0. The summed E-state index contributed by atoms with van der Waals surface area (Å²) in [6.07, 6.45) is 2.89. The maximum atomic E-state index is 6.07. The van der Waals surface area contributed by atoms with E-state index in [-0.39, 0.29) is 0 Å². The summed E-state index contributed by atoms with van der Waals surface area (Å²) >= 11 is 13.5. The summed E-state index contributed by atoms with van der Waals surface area (Å²) in [6, 6.07) is 5.32. The molecular weight excluding hydrogens is 285 g/mol. The normalized spacial score (nSPS) is 10.7. The minimum Gasteiger partial charge on any atom is -0.247 e. The van der Waals surface area contributed by atoms with Crippen molar-refractivity contribution in [1.82, 2.24) is 0 Å². The van der Waals surface area contributed by atoms with Gasteiger partial charge < -0.3 is 0 Å². The number of rotatable bonds is 3. The second-order valence-electron chi connectivity index (χ2n) is 3.13. The van der Waals surface area contributed by atoms with Crippen molar-refractivity contribution in [3.8, 4) is 0 Å². The van der Waals surface area contributed by atoms with E-state index in [9.17, 15) is 0 Å². The van der Waals surface area contributed by atoms with E-state index in [2.05, 4.69) is 18.5 Å². The fourth-order valence-electron chi connectivity index (χ4n) is 1.20. The van der Waals surface area contributed by atoms with Gasteiger partial charge in [0.2, 0.25) is 0 Å². The lowest BCUT2D eigenvalue weighted by molar-refractivity contribution is 1.30. The Kier molecular flexibility index (Phi) is 9.25. The molecule has 0 aromatic heterocycles. The van der Waals surface area contributed by atoms with Crippen molar-refractivity contribution in [1.29, 1.82) is 0 Å². The Balaban J connectivity index is 0.00000137. The van der Waals surface area contributed by atoms with E-state index in [1.54, 1.807) is 23.9 Å². The quantitative estimate of drug-likeness (QED) is 0.481. The summed E-state index contributed by atoms with van der Waals surface area (Å²) in [7, 11) is 0. The van der Waals surface area contributed by atoms with Crippen LogP contribution in [0.1, 0.15) is 32.8 Å². The first kappa shape index (κ1) is 17.6. The van der Waals surface area contributed by atoms with Gasteiger partial charge in [0.25, 0.3) is 0 Å². The zero-order valence-corrected chi connectivity index (χ0v) is 13.6. The molecule has 0 atom stereocenters. The molecule has 0 amide bonds. The molecule has 0 bridgehead atoms. The maximum absolute atomic E-state index is 6.07. The van der Waals surface area contributed by atoms with Crippen LogP contribution in [0, 0.1) is 0 Å². The lowest BCUT2D eigenvalue weighted by Gasteiger charge is -2.06. The smallest absolute Gasteiger partial charge is 0.0733 e. The monoisotopic (exact) mass is 303 g/mol. The highest BCUT2D eigenvalue weighted by Crippen LogP contribution is 2.27. The van der Waals surface area contributed by atoms with Crippen molar-refractivity contribution < 1.29 is 0 Å². The molecule has 4 heteroatoms. The van der Waals surface area contributed by atoms with E-state index in [0.717, 1.165) is 17.0 Å². The van der Waals surface area contributed by atoms with E-state index >= 15 is 0 Å². The number of benzene rings is 1. The second kappa shape index (κ2) is 9.48. The average molecular weight is 304 g/mol. The zero-order chi connectivity index (χ0) is 14.1. The molecule has 0 saturated heterocycles. The van der Waals surface area contributed by atoms with E-state index in [1.807, 2.05) is 26.2 Å². The topological polar surface area (TPSA) is 12.4 Å². The van der Waals surface area contributed by atoms with Gasteiger partial charge in [-0.25, -0.2) is 4.99 Å². The second-order valence-corrected chi connectivity index (χ2v) is 4.86. The van der Waals surface area contributed by atoms with Gasteiger partial charge in [-0.3, -0.25) is 0 Å². The summed E-state index contributed by atoms with van der Waals surface area (Å²) in [5.41, 5.74) is 1.50. The first-order valence-corrected chi connectivity index (χ1v) is 7.82. The van der Waals surface area contributed by atoms with E-state index in [0.29, 0.717) is 15.7 Å². The summed E-state index contributed by atoms with van der Waals surface area (Å²) in [5, 5.41) is 2.24. The molecule has 1 aromatic rings. The zero-order valence-electron chi connectivity index (χ0n) is 11.3. The third kappa shape index (κ3) is 5.47. The van der Waals surface area contributed by atoms with Crippen molar-refractivity contribution in [2.45, 2.75) is 27.2 Å². The van der Waals surface area contributed by atoms with Gasteiger partial charge in [0.05, 0.1) is 15.8 Å². The van der Waals surface area contributed by atoms with Crippen LogP contribution in [0.4, 0.5) is 0 Å². The van der Waals surface area contributed by atoms with Crippen molar-refractivity contribution in [3.05, 3.63) is 40.4 Å². The number of aliphatic imine (C=N–C) groups is 1. The van der Waals surface area contributed by atoms with Crippen molar-refractivity contribution in [3.63, 3.8) is 0 Å². The summed E-state index contributed by atoms with van der Waals surface area (Å²) in [5.74, 6) is 0. The Bertz CT molecular complexity index is 422. The molecule has 0 unspecified atom stereocenters. The van der Waals surface area contributed by atoms with Gasteiger partial charge in [-0.05, 0) is 30.9 Å².